The van der Waals surface area contributed by atoms with Gasteiger partial charge in [-0.3, -0.25) is 4.98 Å². The molecule has 0 unspecified atom stereocenters. The first kappa shape index (κ1) is 14.4. The van der Waals surface area contributed by atoms with Crippen LogP contribution in [0.25, 0.3) is 10.9 Å². The zero-order valence-electron chi connectivity index (χ0n) is 13.3. The van der Waals surface area contributed by atoms with Crippen LogP contribution in [0.15, 0.2) is 36.7 Å². The van der Waals surface area contributed by atoms with E-state index in [1.807, 2.05) is 0 Å². The molecular weight excluding hydrogens is 289 g/mol. The van der Waals surface area contributed by atoms with Gasteiger partial charge in [0, 0.05) is 48.8 Å². The van der Waals surface area contributed by atoms with Crippen LogP contribution >= 0.6 is 0 Å². The highest BCUT2D eigenvalue weighted by molar-refractivity contribution is 5.86. The van der Waals surface area contributed by atoms with E-state index in [9.17, 15) is 4.39 Å². The molecule has 2 aromatic heterocycles. The lowest BCUT2D eigenvalue weighted by atomic mass is 10.0. The van der Waals surface area contributed by atoms with Crippen LogP contribution in [0.2, 0.25) is 0 Å². The highest BCUT2D eigenvalue weighted by Crippen LogP contribution is 2.29. The third-order valence-corrected chi connectivity index (χ3v) is 4.67. The minimum atomic E-state index is -0.262. The van der Waals surface area contributed by atoms with Crippen LogP contribution in [0.5, 0.6) is 0 Å². The molecule has 0 aliphatic carbocycles. The number of pyridine rings is 1. The fraction of sp³-hybridized carbons (Fsp3) is 0.316. The molecule has 0 bridgehead atoms. The first-order valence-electron chi connectivity index (χ1n) is 8.13. The highest BCUT2D eigenvalue weighted by atomic mass is 19.1. The topological polar surface area (TPSA) is 29.9 Å². The van der Waals surface area contributed by atoms with E-state index in [0.29, 0.717) is 0 Å². The minimum Gasteiger partial charge on any atom is -0.344 e. The van der Waals surface area contributed by atoms with Gasteiger partial charge in [-0.05, 0) is 42.7 Å². The van der Waals surface area contributed by atoms with Crippen LogP contribution in [0, 0.1) is 12.7 Å². The van der Waals surface area contributed by atoms with E-state index < -0.39 is 0 Å². The van der Waals surface area contributed by atoms with Gasteiger partial charge >= 0.3 is 0 Å². The molecule has 118 valence electrons. The third-order valence-electron chi connectivity index (χ3n) is 4.67. The summed E-state index contributed by atoms with van der Waals surface area (Å²) < 4.78 is 15.7. The molecule has 3 nitrogen and oxygen atoms in total. The molecule has 0 fully saturated rings. The van der Waals surface area contributed by atoms with Crippen LogP contribution in [0.3, 0.4) is 0 Å². The zero-order chi connectivity index (χ0) is 15.8. The number of benzene rings is 1. The summed E-state index contributed by atoms with van der Waals surface area (Å²) in [5.74, 6) is -0.262. The van der Waals surface area contributed by atoms with E-state index >= 15 is 0 Å². The van der Waals surface area contributed by atoms with E-state index in [2.05, 4.69) is 40.0 Å². The van der Waals surface area contributed by atoms with Gasteiger partial charge in [0.05, 0.1) is 6.20 Å². The molecule has 0 saturated heterocycles. The molecule has 0 spiro atoms. The Labute approximate surface area is 135 Å². The van der Waals surface area contributed by atoms with E-state index in [0.717, 1.165) is 38.0 Å². The fourth-order valence-electron chi connectivity index (χ4n) is 3.58. The summed E-state index contributed by atoms with van der Waals surface area (Å²) in [4.78, 5) is 3.95. The van der Waals surface area contributed by atoms with Gasteiger partial charge in [-0.25, -0.2) is 4.39 Å². The Morgan fingerprint density at radius 2 is 2.17 bits per heavy atom. The Hall–Kier alpha value is -2.20. The molecule has 1 N–H and O–H groups in total. The van der Waals surface area contributed by atoms with Gasteiger partial charge in [0.25, 0.3) is 0 Å². The molecule has 3 heterocycles. The van der Waals surface area contributed by atoms with Crippen LogP contribution in [0.4, 0.5) is 4.39 Å². The maximum absolute atomic E-state index is 13.3. The second-order valence-corrected chi connectivity index (χ2v) is 6.29. The van der Waals surface area contributed by atoms with Crippen LogP contribution in [-0.2, 0) is 25.9 Å². The summed E-state index contributed by atoms with van der Waals surface area (Å²) >= 11 is 0. The van der Waals surface area contributed by atoms with E-state index in [1.165, 1.54) is 33.9 Å². The molecular formula is C19H20FN3. The normalized spacial score (nSPS) is 14.2. The maximum Gasteiger partial charge on any atom is 0.141 e. The monoisotopic (exact) mass is 309 g/mol. The molecule has 0 radical (unpaired) electrons. The molecule has 3 aromatic rings. The third kappa shape index (κ3) is 2.63. The summed E-state index contributed by atoms with van der Waals surface area (Å²) in [5.41, 5.74) is 6.37. The molecule has 0 amide bonds. The zero-order valence-corrected chi connectivity index (χ0v) is 13.3. The molecule has 0 atom stereocenters. The summed E-state index contributed by atoms with van der Waals surface area (Å²) in [6, 6.07) is 8.24. The number of nitrogens with one attached hydrogen (secondary N) is 1. The van der Waals surface area contributed by atoms with Gasteiger partial charge in [0.1, 0.15) is 5.82 Å². The van der Waals surface area contributed by atoms with Crippen LogP contribution < -0.4 is 5.32 Å². The average molecular weight is 309 g/mol. The van der Waals surface area contributed by atoms with E-state index in [1.54, 1.807) is 12.3 Å². The largest absolute Gasteiger partial charge is 0.344 e. The standard InChI is InChI=1S/C19H20FN3/c1-13-2-3-18-16(8-13)17-12-21-6-4-19(17)23(18)7-5-14-9-15(20)11-22-10-14/h2-3,8-11,21H,4-7,12H2,1H3. The SMILES string of the molecule is Cc1ccc2c(c1)c1c(n2CCc2cncc(F)c2)CCNC1. The number of aromatic nitrogens is 2. The second kappa shape index (κ2) is 5.78. The number of fused-ring (bicyclic) bond motifs is 3. The van der Waals surface area contributed by atoms with Crippen molar-refractivity contribution >= 4 is 10.9 Å². The lowest BCUT2D eigenvalue weighted by Gasteiger charge is -2.17. The van der Waals surface area contributed by atoms with Gasteiger partial charge < -0.3 is 9.88 Å². The van der Waals surface area contributed by atoms with Crippen molar-refractivity contribution in [2.75, 3.05) is 6.54 Å². The second-order valence-electron chi connectivity index (χ2n) is 6.29. The summed E-state index contributed by atoms with van der Waals surface area (Å²) in [6.45, 7) is 4.95. The smallest absolute Gasteiger partial charge is 0.141 e. The number of halogens is 1. The number of hydrogen-bond donors (Lipinski definition) is 1. The maximum atomic E-state index is 13.3. The molecule has 4 heteroatoms. The van der Waals surface area contributed by atoms with Crippen molar-refractivity contribution in [3.8, 4) is 0 Å². The van der Waals surface area contributed by atoms with Gasteiger partial charge in [0.15, 0.2) is 0 Å². The number of rotatable bonds is 3. The van der Waals surface area contributed by atoms with Crippen molar-refractivity contribution in [1.29, 1.82) is 0 Å². The van der Waals surface area contributed by atoms with Crippen molar-refractivity contribution in [1.82, 2.24) is 14.9 Å². The Bertz CT molecular complexity index is 866. The number of aryl methyl sites for hydroxylation is 3. The highest BCUT2D eigenvalue weighted by Gasteiger charge is 2.19. The molecule has 4 rings (SSSR count). The van der Waals surface area contributed by atoms with E-state index in [4.69, 9.17) is 0 Å². The Kier molecular flexibility index (Phi) is 3.62. The van der Waals surface area contributed by atoms with Gasteiger partial charge in [0.2, 0.25) is 0 Å². The quantitative estimate of drug-likeness (QED) is 0.804. The van der Waals surface area contributed by atoms with Crippen molar-refractivity contribution in [2.45, 2.75) is 32.9 Å². The summed E-state index contributed by atoms with van der Waals surface area (Å²) in [6.07, 6.45) is 4.85. The lowest BCUT2D eigenvalue weighted by molar-refractivity contribution is 0.590. The number of nitrogens with zero attached hydrogens (tertiary/aromatic N) is 2. The average Bonchev–Trinajstić information content (AvgIpc) is 2.86. The van der Waals surface area contributed by atoms with Gasteiger partial charge in [-0.1, -0.05) is 11.6 Å². The minimum absolute atomic E-state index is 0.262. The molecule has 23 heavy (non-hydrogen) atoms. The van der Waals surface area contributed by atoms with Crippen LogP contribution in [-0.4, -0.2) is 16.1 Å². The fourth-order valence-corrected chi connectivity index (χ4v) is 3.58. The molecule has 0 saturated carbocycles. The molecule has 1 aliphatic heterocycles. The summed E-state index contributed by atoms with van der Waals surface area (Å²) in [5, 5.41) is 4.83. The Balaban J connectivity index is 1.74. The lowest BCUT2D eigenvalue weighted by Crippen LogP contribution is -2.24. The predicted molar refractivity (Wildman–Crippen MR) is 90.0 cm³/mol. The predicted octanol–water partition coefficient (Wildman–Crippen LogP) is 3.37. The molecule has 1 aliphatic rings. The molecule has 1 aromatic carbocycles. The van der Waals surface area contributed by atoms with Gasteiger partial charge in [-0.15, -0.1) is 0 Å². The summed E-state index contributed by atoms with van der Waals surface area (Å²) in [7, 11) is 0. The van der Waals surface area contributed by atoms with Gasteiger partial charge in [-0.2, -0.15) is 0 Å². The Morgan fingerprint density at radius 1 is 1.26 bits per heavy atom. The van der Waals surface area contributed by atoms with Crippen molar-refractivity contribution in [2.24, 2.45) is 0 Å². The van der Waals surface area contributed by atoms with E-state index in [-0.39, 0.29) is 5.82 Å². The van der Waals surface area contributed by atoms with Crippen LogP contribution in [0.1, 0.15) is 22.4 Å². The van der Waals surface area contributed by atoms with Crippen molar-refractivity contribution in [3.05, 3.63) is 64.9 Å². The number of hydrogen-bond acceptors (Lipinski definition) is 2. The first-order chi connectivity index (χ1) is 11.2. The first-order valence-corrected chi connectivity index (χ1v) is 8.13. The Morgan fingerprint density at radius 3 is 3.04 bits per heavy atom. The van der Waals surface area contributed by atoms with Crippen molar-refractivity contribution < 1.29 is 4.39 Å². The van der Waals surface area contributed by atoms with Crippen molar-refractivity contribution in [3.63, 3.8) is 0 Å².